The first-order valence-corrected chi connectivity index (χ1v) is 9.49. The summed E-state index contributed by atoms with van der Waals surface area (Å²) in [6.45, 7) is 6.70. The van der Waals surface area contributed by atoms with Crippen LogP contribution in [0.1, 0.15) is 12.0 Å². The van der Waals surface area contributed by atoms with Crippen molar-refractivity contribution in [3.63, 3.8) is 0 Å². The average molecular weight is 407 g/mol. The lowest BCUT2D eigenvalue weighted by Gasteiger charge is -2.26. The number of nitro groups is 1. The van der Waals surface area contributed by atoms with Crippen LogP contribution in [-0.4, -0.2) is 59.2 Å². The summed E-state index contributed by atoms with van der Waals surface area (Å²) in [6.07, 6.45) is 2.16. The number of rotatable bonds is 8. The van der Waals surface area contributed by atoms with Crippen LogP contribution >= 0.6 is 11.6 Å². The number of hydrogen-bond donors (Lipinski definition) is 2. The van der Waals surface area contributed by atoms with Gasteiger partial charge in [-0.1, -0.05) is 11.6 Å². The van der Waals surface area contributed by atoms with E-state index in [1.165, 1.54) is 6.33 Å². The van der Waals surface area contributed by atoms with Crippen molar-refractivity contribution < 1.29 is 9.66 Å². The second kappa shape index (κ2) is 9.63. The molecule has 2 N–H and O–H groups in total. The number of ether oxygens (including phenoxy) is 1. The zero-order chi connectivity index (χ0) is 19.9. The molecule has 2 heterocycles. The van der Waals surface area contributed by atoms with Gasteiger partial charge in [0.25, 0.3) is 0 Å². The summed E-state index contributed by atoms with van der Waals surface area (Å²) < 4.78 is 5.33. The van der Waals surface area contributed by atoms with Crippen LogP contribution in [0.2, 0.25) is 5.02 Å². The third-order valence-corrected chi connectivity index (χ3v) is 4.73. The smallest absolute Gasteiger partial charge is 0.353 e. The Labute approximate surface area is 168 Å². The maximum atomic E-state index is 11.7. The van der Waals surface area contributed by atoms with Gasteiger partial charge in [0.05, 0.1) is 18.1 Å². The first-order chi connectivity index (χ1) is 13.5. The van der Waals surface area contributed by atoms with Crippen LogP contribution in [-0.2, 0) is 4.74 Å². The number of benzene rings is 1. The van der Waals surface area contributed by atoms with Gasteiger partial charge >= 0.3 is 5.69 Å². The van der Waals surface area contributed by atoms with Crippen LogP contribution in [0.4, 0.5) is 23.0 Å². The third kappa shape index (κ3) is 5.28. The molecule has 10 heteroatoms. The maximum Gasteiger partial charge on any atom is 0.353 e. The lowest BCUT2D eigenvalue weighted by atomic mass is 10.2. The Bertz CT molecular complexity index is 829. The highest BCUT2D eigenvalue weighted by Gasteiger charge is 2.23. The molecule has 1 saturated heterocycles. The molecule has 1 fully saturated rings. The molecule has 150 valence electrons. The average Bonchev–Trinajstić information content (AvgIpc) is 2.68. The summed E-state index contributed by atoms with van der Waals surface area (Å²) >= 11 is 5.97. The highest BCUT2D eigenvalue weighted by atomic mass is 35.5. The zero-order valence-electron chi connectivity index (χ0n) is 15.7. The first kappa shape index (κ1) is 20.2. The molecular formula is C18H23ClN6O3. The van der Waals surface area contributed by atoms with Gasteiger partial charge in [-0.3, -0.25) is 15.0 Å². The summed E-state index contributed by atoms with van der Waals surface area (Å²) in [7, 11) is 0. The predicted octanol–water partition coefficient (Wildman–Crippen LogP) is 3.22. The van der Waals surface area contributed by atoms with E-state index in [0.29, 0.717) is 17.3 Å². The first-order valence-electron chi connectivity index (χ1n) is 9.11. The minimum Gasteiger partial charge on any atom is -0.379 e. The topological polar surface area (TPSA) is 105 Å². The Balaban J connectivity index is 1.67. The molecule has 0 radical (unpaired) electrons. The van der Waals surface area contributed by atoms with Crippen molar-refractivity contribution in [2.75, 3.05) is 50.0 Å². The fourth-order valence-electron chi connectivity index (χ4n) is 3.00. The highest BCUT2D eigenvalue weighted by Crippen LogP contribution is 2.32. The number of hydrogen-bond acceptors (Lipinski definition) is 8. The normalized spacial score (nSPS) is 14.6. The van der Waals surface area contributed by atoms with Crippen LogP contribution in [0.15, 0.2) is 24.5 Å². The lowest BCUT2D eigenvalue weighted by Crippen LogP contribution is -2.37. The van der Waals surface area contributed by atoms with E-state index in [9.17, 15) is 10.1 Å². The molecule has 0 amide bonds. The quantitative estimate of drug-likeness (QED) is 0.391. The summed E-state index contributed by atoms with van der Waals surface area (Å²) in [5.74, 6) is 0.345. The standard InChI is InChI=1S/C18H23ClN6O3/c1-13-11-14(19)3-4-15(13)23-18-16(25(26)27)17(21-12-22-18)20-5-2-6-24-7-9-28-10-8-24/h3-4,11-12H,2,5-10H2,1H3,(H2,20,21,22,23). The van der Waals surface area contributed by atoms with E-state index in [1.54, 1.807) is 18.2 Å². The fourth-order valence-corrected chi connectivity index (χ4v) is 3.23. The molecule has 0 saturated carbocycles. The second-order valence-electron chi connectivity index (χ2n) is 6.50. The molecule has 0 unspecified atom stereocenters. The number of morpholine rings is 1. The molecular weight excluding hydrogens is 384 g/mol. The largest absolute Gasteiger partial charge is 0.379 e. The molecule has 0 spiro atoms. The van der Waals surface area contributed by atoms with Gasteiger partial charge in [-0.2, -0.15) is 0 Å². The van der Waals surface area contributed by atoms with Gasteiger partial charge in [0.1, 0.15) is 6.33 Å². The molecule has 0 atom stereocenters. The number of anilines is 3. The molecule has 0 aliphatic carbocycles. The van der Waals surface area contributed by atoms with Crippen molar-refractivity contribution in [3.05, 3.63) is 45.2 Å². The summed E-state index contributed by atoms with van der Waals surface area (Å²) in [5.41, 5.74) is 1.38. The van der Waals surface area contributed by atoms with E-state index in [1.807, 2.05) is 6.92 Å². The maximum absolute atomic E-state index is 11.7. The molecule has 3 rings (SSSR count). The van der Waals surface area contributed by atoms with E-state index < -0.39 is 4.92 Å². The predicted molar refractivity (Wildman–Crippen MR) is 109 cm³/mol. The van der Waals surface area contributed by atoms with Gasteiger partial charge in [0.2, 0.25) is 11.6 Å². The van der Waals surface area contributed by atoms with Crippen LogP contribution in [0.25, 0.3) is 0 Å². The van der Waals surface area contributed by atoms with E-state index in [2.05, 4.69) is 25.5 Å². The summed E-state index contributed by atoms with van der Waals surface area (Å²) in [5, 5.41) is 18.3. The van der Waals surface area contributed by atoms with Gasteiger partial charge < -0.3 is 15.4 Å². The Morgan fingerprint density at radius 3 is 2.75 bits per heavy atom. The highest BCUT2D eigenvalue weighted by molar-refractivity contribution is 6.30. The van der Waals surface area contributed by atoms with Crippen molar-refractivity contribution >= 4 is 34.6 Å². The van der Waals surface area contributed by atoms with E-state index in [-0.39, 0.29) is 17.3 Å². The van der Waals surface area contributed by atoms with E-state index >= 15 is 0 Å². The van der Waals surface area contributed by atoms with Gasteiger partial charge in [-0.15, -0.1) is 0 Å². The number of nitrogens with one attached hydrogen (secondary N) is 2. The number of aromatic nitrogens is 2. The zero-order valence-corrected chi connectivity index (χ0v) is 16.4. The van der Waals surface area contributed by atoms with Crippen molar-refractivity contribution in [2.24, 2.45) is 0 Å². The van der Waals surface area contributed by atoms with Crippen LogP contribution < -0.4 is 10.6 Å². The molecule has 1 aromatic heterocycles. The van der Waals surface area contributed by atoms with Crippen LogP contribution in [0, 0.1) is 17.0 Å². The number of aryl methyl sites for hydroxylation is 1. The fraction of sp³-hybridized carbons (Fsp3) is 0.444. The van der Waals surface area contributed by atoms with Crippen molar-refractivity contribution in [1.82, 2.24) is 14.9 Å². The molecule has 2 aromatic rings. The van der Waals surface area contributed by atoms with Crippen LogP contribution in [0.5, 0.6) is 0 Å². The van der Waals surface area contributed by atoms with Crippen molar-refractivity contribution in [2.45, 2.75) is 13.3 Å². The SMILES string of the molecule is Cc1cc(Cl)ccc1Nc1ncnc(NCCCN2CCOCC2)c1[N+](=O)[O-]. The van der Waals surface area contributed by atoms with Crippen molar-refractivity contribution in [3.8, 4) is 0 Å². The molecule has 1 aliphatic heterocycles. The molecule has 1 aromatic carbocycles. The van der Waals surface area contributed by atoms with E-state index in [0.717, 1.165) is 44.8 Å². The van der Waals surface area contributed by atoms with Gasteiger partial charge in [-0.05, 0) is 43.7 Å². The Kier molecular flexibility index (Phi) is 6.96. The minimum atomic E-state index is -0.474. The Morgan fingerprint density at radius 1 is 1.29 bits per heavy atom. The van der Waals surface area contributed by atoms with E-state index in [4.69, 9.17) is 16.3 Å². The second-order valence-corrected chi connectivity index (χ2v) is 6.93. The number of halogens is 1. The summed E-state index contributed by atoms with van der Waals surface area (Å²) in [4.78, 5) is 21.6. The minimum absolute atomic E-state index is 0.140. The van der Waals surface area contributed by atoms with Crippen LogP contribution in [0.3, 0.4) is 0 Å². The van der Waals surface area contributed by atoms with Gasteiger partial charge in [-0.25, -0.2) is 9.97 Å². The Hall–Kier alpha value is -2.49. The van der Waals surface area contributed by atoms with Gasteiger partial charge in [0, 0.05) is 30.3 Å². The van der Waals surface area contributed by atoms with Gasteiger partial charge in [0.15, 0.2) is 0 Å². The summed E-state index contributed by atoms with van der Waals surface area (Å²) in [6, 6.07) is 5.26. The molecule has 0 bridgehead atoms. The number of nitrogens with zero attached hydrogens (tertiary/aromatic N) is 4. The molecule has 9 nitrogen and oxygen atoms in total. The third-order valence-electron chi connectivity index (χ3n) is 4.49. The molecule has 1 aliphatic rings. The lowest BCUT2D eigenvalue weighted by molar-refractivity contribution is -0.383. The monoisotopic (exact) mass is 406 g/mol. The Morgan fingerprint density at radius 2 is 2.04 bits per heavy atom. The van der Waals surface area contributed by atoms with Crippen molar-refractivity contribution in [1.29, 1.82) is 0 Å². The molecule has 28 heavy (non-hydrogen) atoms.